The topological polar surface area (TPSA) is 49.3 Å². The first-order valence-corrected chi connectivity index (χ1v) is 9.45. The molecule has 0 spiro atoms. The van der Waals surface area contributed by atoms with Gasteiger partial charge in [0, 0.05) is 37.5 Å². The maximum Gasteiger partial charge on any atom is 0.225 e. The van der Waals surface area contributed by atoms with Crippen LogP contribution >= 0.6 is 0 Å². The van der Waals surface area contributed by atoms with E-state index in [1.807, 2.05) is 30.1 Å². The summed E-state index contributed by atoms with van der Waals surface area (Å²) in [6.07, 6.45) is 8.25. The lowest BCUT2D eigenvalue weighted by Crippen LogP contribution is -2.47. The van der Waals surface area contributed by atoms with Crippen LogP contribution in [0.4, 0.5) is 5.82 Å². The number of benzene rings is 1. The van der Waals surface area contributed by atoms with E-state index in [4.69, 9.17) is 0 Å². The molecular formula is C20H26N4O. The summed E-state index contributed by atoms with van der Waals surface area (Å²) >= 11 is 0. The molecular weight excluding hydrogens is 312 g/mol. The summed E-state index contributed by atoms with van der Waals surface area (Å²) in [4.78, 5) is 25.9. The molecule has 5 heteroatoms. The van der Waals surface area contributed by atoms with Crippen LogP contribution in [0.1, 0.15) is 38.5 Å². The zero-order valence-corrected chi connectivity index (χ0v) is 14.9. The summed E-state index contributed by atoms with van der Waals surface area (Å²) in [6.45, 7) is 1.88. The SMILES string of the molecule is CN(C(=O)C1CCCC1)C1CCN(c2ncnc3ccccc23)CC1. The number of amides is 1. The smallest absolute Gasteiger partial charge is 0.225 e. The Hall–Kier alpha value is -2.17. The summed E-state index contributed by atoms with van der Waals surface area (Å²) in [6, 6.07) is 8.52. The predicted molar refractivity (Wildman–Crippen MR) is 99.5 cm³/mol. The summed E-state index contributed by atoms with van der Waals surface area (Å²) in [5.41, 5.74) is 0.989. The second-order valence-corrected chi connectivity index (χ2v) is 7.36. The van der Waals surface area contributed by atoms with Crippen LogP contribution in [0.5, 0.6) is 0 Å². The van der Waals surface area contributed by atoms with Crippen LogP contribution in [0.2, 0.25) is 0 Å². The lowest BCUT2D eigenvalue weighted by molar-refractivity contribution is -0.136. The van der Waals surface area contributed by atoms with Gasteiger partial charge in [0.05, 0.1) is 5.52 Å². The van der Waals surface area contributed by atoms with E-state index in [2.05, 4.69) is 20.9 Å². The monoisotopic (exact) mass is 338 g/mol. The van der Waals surface area contributed by atoms with Gasteiger partial charge in [0.2, 0.25) is 5.91 Å². The molecule has 2 fully saturated rings. The van der Waals surface area contributed by atoms with Crippen LogP contribution in [0.25, 0.3) is 10.9 Å². The van der Waals surface area contributed by atoms with Gasteiger partial charge in [0.1, 0.15) is 12.1 Å². The van der Waals surface area contributed by atoms with Gasteiger partial charge in [0.25, 0.3) is 0 Å². The fraction of sp³-hybridized carbons (Fsp3) is 0.550. The molecule has 2 aromatic rings. The quantitative estimate of drug-likeness (QED) is 0.862. The maximum atomic E-state index is 12.7. The largest absolute Gasteiger partial charge is 0.356 e. The number of rotatable bonds is 3. The first-order valence-electron chi connectivity index (χ1n) is 9.45. The highest BCUT2D eigenvalue weighted by Crippen LogP contribution is 2.30. The highest BCUT2D eigenvalue weighted by atomic mass is 16.2. The third kappa shape index (κ3) is 3.20. The van der Waals surface area contributed by atoms with Crippen molar-refractivity contribution in [2.75, 3.05) is 25.0 Å². The molecule has 132 valence electrons. The lowest BCUT2D eigenvalue weighted by Gasteiger charge is -2.38. The van der Waals surface area contributed by atoms with Gasteiger partial charge in [-0.25, -0.2) is 9.97 Å². The molecule has 2 heterocycles. The van der Waals surface area contributed by atoms with Gasteiger partial charge in [-0.15, -0.1) is 0 Å². The number of nitrogens with zero attached hydrogens (tertiary/aromatic N) is 4. The van der Waals surface area contributed by atoms with Crippen LogP contribution in [-0.2, 0) is 4.79 Å². The number of carbonyl (C=O) groups is 1. The maximum absolute atomic E-state index is 12.7. The minimum atomic E-state index is 0.272. The Balaban J connectivity index is 1.43. The number of hydrogen-bond donors (Lipinski definition) is 0. The van der Waals surface area contributed by atoms with E-state index in [1.165, 1.54) is 12.8 Å². The Labute approximate surface area is 149 Å². The Bertz CT molecular complexity index is 743. The first-order chi connectivity index (χ1) is 12.2. The minimum Gasteiger partial charge on any atom is -0.356 e. The molecule has 2 aliphatic rings. The van der Waals surface area contributed by atoms with E-state index in [-0.39, 0.29) is 5.92 Å². The fourth-order valence-corrected chi connectivity index (χ4v) is 4.35. The van der Waals surface area contributed by atoms with Crippen molar-refractivity contribution in [1.82, 2.24) is 14.9 Å². The molecule has 1 aliphatic heterocycles. The number of carbonyl (C=O) groups excluding carboxylic acids is 1. The molecule has 0 unspecified atom stereocenters. The van der Waals surface area contributed by atoms with Crippen molar-refractivity contribution in [3.8, 4) is 0 Å². The molecule has 1 aromatic carbocycles. The van der Waals surface area contributed by atoms with E-state index in [1.54, 1.807) is 6.33 Å². The van der Waals surface area contributed by atoms with Crippen molar-refractivity contribution in [1.29, 1.82) is 0 Å². The molecule has 1 aliphatic carbocycles. The molecule has 5 nitrogen and oxygen atoms in total. The summed E-state index contributed by atoms with van der Waals surface area (Å²) in [7, 11) is 2.00. The zero-order valence-electron chi connectivity index (χ0n) is 14.9. The van der Waals surface area contributed by atoms with Gasteiger partial charge in [0.15, 0.2) is 0 Å². The number of para-hydroxylation sites is 1. The number of hydrogen-bond acceptors (Lipinski definition) is 4. The molecule has 0 bridgehead atoms. The normalized spacial score (nSPS) is 19.5. The second kappa shape index (κ2) is 6.98. The standard InChI is InChI=1S/C20H26N4O/c1-23(20(25)15-6-2-3-7-15)16-10-12-24(13-11-16)19-17-8-4-5-9-18(17)21-14-22-19/h4-5,8-9,14-16H,2-3,6-7,10-13H2,1H3. The zero-order chi connectivity index (χ0) is 17.2. The predicted octanol–water partition coefficient (Wildman–Crippen LogP) is 3.25. The van der Waals surface area contributed by atoms with E-state index in [9.17, 15) is 4.79 Å². The Morgan fingerprint density at radius 2 is 1.80 bits per heavy atom. The molecule has 1 amide bonds. The van der Waals surface area contributed by atoms with Gasteiger partial charge >= 0.3 is 0 Å². The van der Waals surface area contributed by atoms with Crippen LogP contribution < -0.4 is 4.90 Å². The summed E-state index contributed by atoms with van der Waals surface area (Å²) in [5.74, 6) is 1.66. The molecule has 1 saturated carbocycles. The van der Waals surface area contributed by atoms with Crippen molar-refractivity contribution in [3.05, 3.63) is 30.6 Å². The average molecular weight is 338 g/mol. The lowest BCUT2D eigenvalue weighted by atomic mass is 10.00. The number of piperidine rings is 1. The third-order valence-electron chi connectivity index (χ3n) is 5.89. The van der Waals surface area contributed by atoms with Crippen molar-refractivity contribution in [3.63, 3.8) is 0 Å². The molecule has 0 radical (unpaired) electrons. The molecule has 25 heavy (non-hydrogen) atoms. The molecule has 4 rings (SSSR count). The summed E-state index contributed by atoms with van der Waals surface area (Å²) in [5, 5.41) is 1.11. The van der Waals surface area contributed by atoms with E-state index >= 15 is 0 Å². The van der Waals surface area contributed by atoms with E-state index in [0.717, 1.165) is 55.5 Å². The van der Waals surface area contributed by atoms with Gasteiger partial charge < -0.3 is 9.80 Å². The third-order valence-corrected chi connectivity index (χ3v) is 5.89. The van der Waals surface area contributed by atoms with Gasteiger partial charge in [-0.3, -0.25) is 4.79 Å². The Morgan fingerprint density at radius 1 is 1.08 bits per heavy atom. The van der Waals surface area contributed by atoms with Crippen LogP contribution in [0.15, 0.2) is 30.6 Å². The van der Waals surface area contributed by atoms with E-state index < -0.39 is 0 Å². The minimum absolute atomic E-state index is 0.272. The van der Waals surface area contributed by atoms with E-state index in [0.29, 0.717) is 11.9 Å². The molecule has 0 atom stereocenters. The van der Waals surface area contributed by atoms with Crippen molar-refractivity contribution < 1.29 is 4.79 Å². The van der Waals surface area contributed by atoms with Crippen LogP contribution in [0.3, 0.4) is 0 Å². The molecule has 0 N–H and O–H groups in total. The van der Waals surface area contributed by atoms with Crippen molar-refractivity contribution in [2.24, 2.45) is 5.92 Å². The van der Waals surface area contributed by atoms with Crippen molar-refractivity contribution in [2.45, 2.75) is 44.6 Å². The molecule has 1 saturated heterocycles. The number of anilines is 1. The van der Waals surface area contributed by atoms with Crippen molar-refractivity contribution >= 4 is 22.6 Å². The van der Waals surface area contributed by atoms with Crippen LogP contribution in [-0.4, -0.2) is 47.0 Å². The van der Waals surface area contributed by atoms with Gasteiger partial charge in [-0.2, -0.15) is 0 Å². The highest BCUT2D eigenvalue weighted by Gasteiger charge is 2.31. The Morgan fingerprint density at radius 3 is 2.56 bits per heavy atom. The fourth-order valence-electron chi connectivity index (χ4n) is 4.35. The highest BCUT2D eigenvalue weighted by molar-refractivity contribution is 5.89. The first kappa shape index (κ1) is 16.3. The van der Waals surface area contributed by atoms with Gasteiger partial charge in [-0.1, -0.05) is 25.0 Å². The van der Waals surface area contributed by atoms with Crippen LogP contribution in [0, 0.1) is 5.92 Å². The number of fused-ring (bicyclic) bond motifs is 1. The second-order valence-electron chi connectivity index (χ2n) is 7.36. The summed E-state index contributed by atoms with van der Waals surface area (Å²) < 4.78 is 0. The van der Waals surface area contributed by atoms with Gasteiger partial charge in [-0.05, 0) is 37.8 Å². The Kier molecular flexibility index (Phi) is 4.55. The molecule has 1 aromatic heterocycles. The number of aromatic nitrogens is 2. The average Bonchev–Trinajstić information content (AvgIpc) is 3.21.